The van der Waals surface area contributed by atoms with E-state index in [4.69, 9.17) is 10.2 Å². The van der Waals surface area contributed by atoms with Crippen LogP contribution in [0.2, 0.25) is 0 Å². The maximum Gasteiger partial charge on any atom is 0.325 e. The molecular weight excluding hydrogens is 272 g/mol. The summed E-state index contributed by atoms with van der Waals surface area (Å²) in [6, 6.07) is 6.86. The fraction of sp³-hybridized carbons (Fsp3) is 0.467. The minimum atomic E-state index is -1.05. The topological polar surface area (TPSA) is 81.1 Å². The molecule has 0 saturated carbocycles. The van der Waals surface area contributed by atoms with Gasteiger partial charge in [-0.1, -0.05) is 17.7 Å². The van der Waals surface area contributed by atoms with Crippen molar-refractivity contribution in [2.24, 2.45) is 5.92 Å². The predicted octanol–water partition coefficient (Wildman–Crippen LogP) is 1.32. The van der Waals surface area contributed by atoms with E-state index in [1.165, 1.54) is 4.90 Å². The van der Waals surface area contributed by atoms with Crippen LogP contribution in [0, 0.1) is 12.8 Å². The Labute approximate surface area is 123 Å². The minimum Gasteiger partial charge on any atom is -0.480 e. The summed E-state index contributed by atoms with van der Waals surface area (Å²) in [7, 11) is 0. The number of aliphatic hydroxyl groups excluding tert-OH is 1. The molecule has 0 spiro atoms. The van der Waals surface area contributed by atoms with Crippen molar-refractivity contribution in [1.82, 2.24) is 4.90 Å². The summed E-state index contributed by atoms with van der Waals surface area (Å²) in [5.41, 5.74) is 1.61. The van der Waals surface area contributed by atoms with E-state index >= 15 is 0 Å². The Morgan fingerprint density at radius 2 is 2.00 bits per heavy atom. The van der Waals surface area contributed by atoms with Gasteiger partial charge in [0.05, 0.1) is 0 Å². The van der Waals surface area contributed by atoms with Crippen molar-refractivity contribution < 1.29 is 19.8 Å². The molecule has 1 aliphatic rings. The van der Waals surface area contributed by atoms with Crippen molar-refractivity contribution in [2.45, 2.75) is 13.3 Å². The molecule has 6 nitrogen and oxygen atoms in total. The van der Waals surface area contributed by atoms with E-state index in [1.54, 1.807) is 17.0 Å². The van der Waals surface area contributed by atoms with Gasteiger partial charge in [-0.25, -0.2) is 4.79 Å². The zero-order valence-corrected chi connectivity index (χ0v) is 12.0. The number of aliphatic carboxylic acids is 1. The number of urea groups is 1. The maximum absolute atomic E-state index is 12.5. The number of carbonyl (C=O) groups is 2. The molecule has 1 aliphatic heterocycles. The van der Waals surface area contributed by atoms with Crippen LogP contribution < -0.4 is 4.90 Å². The van der Waals surface area contributed by atoms with Crippen LogP contribution >= 0.6 is 0 Å². The molecule has 1 aromatic rings. The zero-order chi connectivity index (χ0) is 15.4. The molecule has 1 unspecified atom stereocenters. The van der Waals surface area contributed by atoms with Crippen LogP contribution in [-0.2, 0) is 4.79 Å². The lowest BCUT2D eigenvalue weighted by molar-refractivity contribution is -0.135. The van der Waals surface area contributed by atoms with Crippen molar-refractivity contribution in [2.75, 3.05) is 31.1 Å². The Morgan fingerprint density at radius 3 is 2.52 bits per heavy atom. The molecule has 1 atom stereocenters. The summed E-state index contributed by atoms with van der Waals surface area (Å²) < 4.78 is 0. The average Bonchev–Trinajstić information content (AvgIpc) is 2.94. The van der Waals surface area contributed by atoms with Crippen LogP contribution in [-0.4, -0.2) is 53.4 Å². The van der Waals surface area contributed by atoms with Crippen LogP contribution in [0.25, 0.3) is 0 Å². The molecule has 2 amide bonds. The number of rotatable bonds is 4. The van der Waals surface area contributed by atoms with Gasteiger partial charge < -0.3 is 15.1 Å². The Bertz CT molecular complexity index is 515. The predicted molar refractivity (Wildman–Crippen MR) is 78.3 cm³/mol. The first-order valence-corrected chi connectivity index (χ1v) is 6.97. The SMILES string of the molecule is Cc1ccc(N(CC(=O)O)C(=O)N2CCC(CO)C2)cc1. The van der Waals surface area contributed by atoms with E-state index in [9.17, 15) is 9.59 Å². The van der Waals surface area contributed by atoms with Gasteiger partial charge in [-0.05, 0) is 25.5 Å². The number of carboxylic acid groups (broad SMARTS) is 1. The number of likely N-dealkylation sites (tertiary alicyclic amines) is 1. The Balaban J connectivity index is 2.17. The van der Waals surface area contributed by atoms with E-state index in [1.807, 2.05) is 19.1 Å². The summed E-state index contributed by atoms with van der Waals surface area (Å²) in [6.07, 6.45) is 0.747. The number of amides is 2. The zero-order valence-electron chi connectivity index (χ0n) is 12.0. The number of carboxylic acids is 1. The first kappa shape index (κ1) is 15.3. The number of hydrogen-bond donors (Lipinski definition) is 2. The molecule has 1 aromatic carbocycles. The summed E-state index contributed by atoms with van der Waals surface area (Å²) in [5.74, 6) is -0.972. The molecule has 114 valence electrons. The first-order valence-electron chi connectivity index (χ1n) is 6.97. The fourth-order valence-electron chi connectivity index (χ4n) is 2.46. The number of aliphatic hydroxyl groups is 1. The number of anilines is 1. The highest BCUT2D eigenvalue weighted by Crippen LogP contribution is 2.21. The highest BCUT2D eigenvalue weighted by atomic mass is 16.4. The number of carbonyl (C=O) groups excluding carboxylic acids is 1. The highest BCUT2D eigenvalue weighted by molar-refractivity contribution is 5.96. The second-order valence-corrected chi connectivity index (χ2v) is 5.38. The molecule has 1 fully saturated rings. The third-order valence-corrected chi connectivity index (χ3v) is 3.68. The number of nitrogens with zero attached hydrogens (tertiary/aromatic N) is 2. The van der Waals surface area contributed by atoms with E-state index in [2.05, 4.69) is 0 Å². The lowest BCUT2D eigenvalue weighted by atomic mass is 10.1. The van der Waals surface area contributed by atoms with E-state index in [0.717, 1.165) is 12.0 Å². The number of hydrogen-bond acceptors (Lipinski definition) is 3. The Morgan fingerprint density at radius 1 is 1.33 bits per heavy atom. The summed E-state index contributed by atoms with van der Waals surface area (Å²) in [5, 5.41) is 18.2. The van der Waals surface area contributed by atoms with Gasteiger partial charge in [0.15, 0.2) is 0 Å². The van der Waals surface area contributed by atoms with E-state index in [-0.39, 0.29) is 25.1 Å². The molecule has 6 heteroatoms. The van der Waals surface area contributed by atoms with Crippen molar-refractivity contribution in [3.05, 3.63) is 29.8 Å². The minimum absolute atomic E-state index is 0.0489. The van der Waals surface area contributed by atoms with Crippen LogP contribution in [0.4, 0.5) is 10.5 Å². The normalized spacial score (nSPS) is 17.8. The van der Waals surface area contributed by atoms with Crippen LogP contribution in [0.3, 0.4) is 0 Å². The standard InChI is InChI=1S/C15H20N2O4/c1-11-2-4-13(5-3-11)17(9-14(19)20)15(21)16-7-6-12(8-16)10-18/h2-5,12,18H,6-10H2,1H3,(H,19,20). The molecule has 2 N–H and O–H groups in total. The van der Waals surface area contributed by atoms with Crippen LogP contribution in [0.1, 0.15) is 12.0 Å². The van der Waals surface area contributed by atoms with Crippen molar-refractivity contribution >= 4 is 17.7 Å². The fourth-order valence-corrected chi connectivity index (χ4v) is 2.46. The molecule has 0 bridgehead atoms. The van der Waals surface area contributed by atoms with Crippen LogP contribution in [0.5, 0.6) is 0 Å². The third-order valence-electron chi connectivity index (χ3n) is 3.68. The third kappa shape index (κ3) is 3.72. The number of benzene rings is 1. The van der Waals surface area contributed by atoms with Crippen molar-refractivity contribution in [3.63, 3.8) is 0 Å². The molecule has 21 heavy (non-hydrogen) atoms. The van der Waals surface area contributed by atoms with Crippen molar-refractivity contribution in [3.8, 4) is 0 Å². The monoisotopic (exact) mass is 292 g/mol. The molecule has 0 aromatic heterocycles. The number of aryl methyl sites for hydroxylation is 1. The van der Waals surface area contributed by atoms with Gasteiger partial charge in [-0.2, -0.15) is 0 Å². The van der Waals surface area contributed by atoms with Crippen LogP contribution in [0.15, 0.2) is 24.3 Å². The molecule has 0 aliphatic carbocycles. The summed E-state index contributed by atoms with van der Waals surface area (Å²) >= 11 is 0. The summed E-state index contributed by atoms with van der Waals surface area (Å²) in [4.78, 5) is 26.4. The van der Waals surface area contributed by atoms with Gasteiger partial charge in [0.1, 0.15) is 6.54 Å². The maximum atomic E-state index is 12.5. The highest BCUT2D eigenvalue weighted by Gasteiger charge is 2.30. The summed E-state index contributed by atoms with van der Waals surface area (Å²) in [6.45, 7) is 2.62. The Hall–Kier alpha value is -2.08. The van der Waals surface area contributed by atoms with Gasteiger partial charge in [0.25, 0.3) is 0 Å². The molecule has 0 radical (unpaired) electrons. The quantitative estimate of drug-likeness (QED) is 0.877. The average molecular weight is 292 g/mol. The lowest BCUT2D eigenvalue weighted by Gasteiger charge is -2.27. The molecule has 1 saturated heterocycles. The van der Waals surface area contributed by atoms with Gasteiger partial charge >= 0.3 is 12.0 Å². The molecule has 2 rings (SSSR count). The van der Waals surface area contributed by atoms with E-state index in [0.29, 0.717) is 18.8 Å². The molecule has 1 heterocycles. The first-order chi connectivity index (χ1) is 10.0. The van der Waals surface area contributed by atoms with Gasteiger partial charge in [-0.15, -0.1) is 0 Å². The second-order valence-electron chi connectivity index (χ2n) is 5.38. The van der Waals surface area contributed by atoms with Gasteiger partial charge in [0.2, 0.25) is 0 Å². The van der Waals surface area contributed by atoms with E-state index < -0.39 is 5.97 Å². The lowest BCUT2D eigenvalue weighted by Crippen LogP contribution is -2.44. The van der Waals surface area contributed by atoms with Gasteiger partial charge in [0, 0.05) is 31.3 Å². The smallest absolute Gasteiger partial charge is 0.325 e. The Kier molecular flexibility index (Phi) is 4.80. The molecular formula is C15H20N2O4. The van der Waals surface area contributed by atoms with Crippen molar-refractivity contribution in [1.29, 1.82) is 0 Å². The van der Waals surface area contributed by atoms with Gasteiger partial charge in [-0.3, -0.25) is 9.69 Å². The second kappa shape index (κ2) is 6.58. The largest absolute Gasteiger partial charge is 0.480 e.